The molecular formula is C14H24N4. The second-order valence-corrected chi connectivity index (χ2v) is 4.94. The molecule has 1 saturated heterocycles. The van der Waals surface area contributed by atoms with E-state index < -0.39 is 0 Å². The van der Waals surface area contributed by atoms with Crippen LogP contribution in [0, 0.1) is 6.92 Å². The fraction of sp³-hybridized carbons (Fsp3) is 0.714. The lowest BCUT2D eigenvalue weighted by Crippen LogP contribution is -2.26. The molecule has 1 aliphatic heterocycles. The minimum absolute atomic E-state index is 0.885. The summed E-state index contributed by atoms with van der Waals surface area (Å²) in [6.45, 7) is 6.48. The minimum atomic E-state index is 0.885. The summed E-state index contributed by atoms with van der Waals surface area (Å²) in [5, 5.41) is 3.19. The molecule has 2 heterocycles. The van der Waals surface area contributed by atoms with E-state index >= 15 is 0 Å². The zero-order valence-electron chi connectivity index (χ0n) is 11.8. The van der Waals surface area contributed by atoms with Gasteiger partial charge in [-0.05, 0) is 19.8 Å². The summed E-state index contributed by atoms with van der Waals surface area (Å²) in [4.78, 5) is 11.7. The average molecular weight is 248 g/mol. The summed E-state index contributed by atoms with van der Waals surface area (Å²) in [5.74, 6) is 3.04. The summed E-state index contributed by atoms with van der Waals surface area (Å²) >= 11 is 0. The Balaban J connectivity index is 2.34. The number of aryl methyl sites for hydroxylation is 1. The van der Waals surface area contributed by atoms with Crippen molar-refractivity contribution < 1.29 is 0 Å². The van der Waals surface area contributed by atoms with E-state index in [1.54, 1.807) is 0 Å². The van der Waals surface area contributed by atoms with Gasteiger partial charge in [0.15, 0.2) is 0 Å². The van der Waals surface area contributed by atoms with Gasteiger partial charge in [0.25, 0.3) is 0 Å². The van der Waals surface area contributed by atoms with Crippen molar-refractivity contribution in [3.63, 3.8) is 0 Å². The van der Waals surface area contributed by atoms with Crippen molar-refractivity contribution in [1.82, 2.24) is 9.97 Å². The third-order valence-corrected chi connectivity index (χ3v) is 3.63. The van der Waals surface area contributed by atoms with Crippen molar-refractivity contribution in [3.05, 3.63) is 11.4 Å². The van der Waals surface area contributed by atoms with Crippen molar-refractivity contribution in [2.75, 3.05) is 30.4 Å². The Kier molecular flexibility index (Phi) is 4.39. The molecule has 4 heteroatoms. The molecular weight excluding hydrogens is 224 g/mol. The molecule has 1 N–H and O–H groups in total. The summed E-state index contributed by atoms with van der Waals surface area (Å²) in [6.07, 6.45) is 6.13. The van der Waals surface area contributed by atoms with Gasteiger partial charge in [-0.15, -0.1) is 0 Å². The first kappa shape index (κ1) is 13.1. The van der Waals surface area contributed by atoms with Gasteiger partial charge in [-0.25, -0.2) is 9.97 Å². The predicted octanol–water partition coefficient (Wildman–Crippen LogP) is 2.77. The van der Waals surface area contributed by atoms with E-state index in [1.165, 1.54) is 31.2 Å². The largest absolute Gasteiger partial charge is 0.373 e. The summed E-state index contributed by atoms with van der Waals surface area (Å²) < 4.78 is 0. The molecule has 1 aromatic rings. The number of aromatic nitrogens is 2. The highest BCUT2D eigenvalue weighted by atomic mass is 15.2. The van der Waals surface area contributed by atoms with Gasteiger partial charge in [0.2, 0.25) is 0 Å². The molecule has 0 atom stereocenters. The maximum atomic E-state index is 4.74. The second-order valence-electron chi connectivity index (χ2n) is 4.94. The van der Waals surface area contributed by atoms with E-state index in [1.807, 2.05) is 7.05 Å². The number of hydrogen-bond acceptors (Lipinski definition) is 4. The van der Waals surface area contributed by atoms with E-state index in [9.17, 15) is 0 Å². The van der Waals surface area contributed by atoms with Crippen LogP contribution in [-0.4, -0.2) is 30.1 Å². The number of nitrogens with zero attached hydrogens (tertiary/aromatic N) is 3. The molecule has 0 amide bonds. The van der Waals surface area contributed by atoms with Gasteiger partial charge >= 0.3 is 0 Å². The smallest absolute Gasteiger partial charge is 0.137 e. The van der Waals surface area contributed by atoms with Crippen LogP contribution in [0.15, 0.2) is 0 Å². The summed E-state index contributed by atoms with van der Waals surface area (Å²) in [7, 11) is 1.93. The lowest BCUT2D eigenvalue weighted by molar-refractivity contribution is 0.726. The highest BCUT2D eigenvalue weighted by Crippen LogP contribution is 2.25. The maximum absolute atomic E-state index is 4.74. The Morgan fingerprint density at radius 3 is 2.33 bits per heavy atom. The zero-order chi connectivity index (χ0) is 13.0. The summed E-state index contributed by atoms with van der Waals surface area (Å²) in [5.41, 5.74) is 1.18. The molecule has 0 unspecified atom stereocenters. The van der Waals surface area contributed by atoms with E-state index in [0.29, 0.717) is 0 Å². The first-order valence-electron chi connectivity index (χ1n) is 7.06. The monoisotopic (exact) mass is 248 g/mol. The van der Waals surface area contributed by atoms with Crippen molar-refractivity contribution in [1.29, 1.82) is 0 Å². The van der Waals surface area contributed by atoms with Crippen LogP contribution >= 0.6 is 0 Å². The first-order valence-corrected chi connectivity index (χ1v) is 7.06. The van der Waals surface area contributed by atoms with Crippen LogP contribution in [0.3, 0.4) is 0 Å². The lowest BCUT2D eigenvalue weighted by Gasteiger charge is -2.24. The average Bonchev–Trinajstić information content (AvgIpc) is 2.68. The lowest BCUT2D eigenvalue weighted by atomic mass is 10.2. The van der Waals surface area contributed by atoms with Crippen LogP contribution in [-0.2, 0) is 6.42 Å². The Morgan fingerprint density at radius 2 is 1.78 bits per heavy atom. The predicted molar refractivity (Wildman–Crippen MR) is 76.4 cm³/mol. The van der Waals surface area contributed by atoms with Crippen molar-refractivity contribution in [3.8, 4) is 0 Å². The van der Waals surface area contributed by atoms with Crippen LogP contribution in [0.25, 0.3) is 0 Å². The first-order chi connectivity index (χ1) is 8.76. The number of hydrogen-bond donors (Lipinski definition) is 1. The quantitative estimate of drug-likeness (QED) is 0.893. The van der Waals surface area contributed by atoms with E-state index in [4.69, 9.17) is 4.98 Å². The molecule has 0 saturated carbocycles. The van der Waals surface area contributed by atoms with E-state index in [0.717, 1.165) is 37.0 Å². The molecule has 1 aliphatic rings. The molecule has 2 rings (SSSR count). The molecule has 0 aliphatic carbocycles. The van der Waals surface area contributed by atoms with Crippen molar-refractivity contribution >= 4 is 11.6 Å². The van der Waals surface area contributed by atoms with Gasteiger partial charge in [0.05, 0.1) is 0 Å². The fourth-order valence-electron chi connectivity index (χ4n) is 2.54. The fourth-order valence-corrected chi connectivity index (χ4v) is 2.54. The zero-order valence-corrected chi connectivity index (χ0v) is 11.8. The van der Waals surface area contributed by atoms with Gasteiger partial charge in [0, 0.05) is 32.1 Å². The molecule has 1 aromatic heterocycles. The third-order valence-electron chi connectivity index (χ3n) is 3.63. The SMILES string of the molecule is CCc1nc(NC)c(C)c(N2CCCCCC2)n1. The number of nitrogens with one attached hydrogen (secondary N) is 1. The standard InChI is InChI=1S/C14H24N4/c1-4-12-16-13(15-3)11(2)14(17-12)18-9-7-5-6-8-10-18/h4-10H2,1-3H3,(H,15,16,17). The Labute approximate surface area is 110 Å². The van der Waals surface area contributed by atoms with Gasteiger partial charge in [0.1, 0.15) is 17.5 Å². The number of anilines is 2. The van der Waals surface area contributed by atoms with Crippen molar-refractivity contribution in [2.24, 2.45) is 0 Å². The van der Waals surface area contributed by atoms with Crippen LogP contribution in [0.4, 0.5) is 11.6 Å². The molecule has 0 aromatic carbocycles. The third kappa shape index (κ3) is 2.74. The van der Waals surface area contributed by atoms with Gasteiger partial charge < -0.3 is 10.2 Å². The van der Waals surface area contributed by atoms with Crippen LogP contribution < -0.4 is 10.2 Å². The molecule has 4 nitrogen and oxygen atoms in total. The van der Waals surface area contributed by atoms with Gasteiger partial charge in [-0.2, -0.15) is 0 Å². The Bertz CT molecular complexity index is 395. The molecule has 0 spiro atoms. The Morgan fingerprint density at radius 1 is 1.11 bits per heavy atom. The summed E-state index contributed by atoms with van der Waals surface area (Å²) in [6, 6.07) is 0. The molecule has 0 radical (unpaired) electrons. The van der Waals surface area contributed by atoms with Crippen molar-refractivity contribution in [2.45, 2.75) is 46.0 Å². The van der Waals surface area contributed by atoms with Crippen LogP contribution in [0.5, 0.6) is 0 Å². The van der Waals surface area contributed by atoms with Gasteiger partial charge in [-0.3, -0.25) is 0 Å². The maximum Gasteiger partial charge on any atom is 0.137 e. The molecule has 0 bridgehead atoms. The van der Waals surface area contributed by atoms with Crippen LogP contribution in [0.2, 0.25) is 0 Å². The Hall–Kier alpha value is -1.32. The molecule has 100 valence electrons. The van der Waals surface area contributed by atoms with E-state index in [-0.39, 0.29) is 0 Å². The topological polar surface area (TPSA) is 41.1 Å². The minimum Gasteiger partial charge on any atom is -0.373 e. The molecule has 1 fully saturated rings. The number of rotatable bonds is 3. The highest BCUT2D eigenvalue weighted by Gasteiger charge is 2.17. The van der Waals surface area contributed by atoms with Gasteiger partial charge in [-0.1, -0.05) is 19.8 Å². The van der Waals surface area contributed by atoms with E-state index in [2.05, 4.69) is 29.0 Å². The normalized spacial score (nSPS) is 16.5. The highest BCUT2D eigenvalue weighted by molar-refractivity contribution is 5.58. The second kappa shape index (κ2) is 6.03. The molecule has 18 heavy (non-hydrogen) atoms. The van der Waals surface area contributed by atoms with Crippen LogP contribution in [0.1, 0.15) is 44.0 Å².